The number of urea groups is 1. The van der Waals surface area contributed by atoms with E-state index in [-0.39, 0.29) is 18.0 Å². The molecule has 1 saturated heterocycles. The second-order valence-corrected chi connectivity index (χ2v) is 7.44. The molecule has 2 heterocycles. The highest BCUT2D eigenvalue weighted by molar-refractivity contribution is 6.07. The molecular formula is C22H18FN3O5. The number of carbonyl (C=O) groups excluding carboxylic acids is 3. The van der Waals surface area contributed by atoms with Gasteiger partial charge in [0.1, 0.15) is 16.9 Å². The van der Waals surface area contributed by atoms with Crippen LogP contribution in [0.25, 0.3) is 11.0 Å². The molecule has 0 spiro atoms. The summed E-state index contributed by atoms with van der Waals surface area (Å²) >= 11 is 0. The summed E-state index contributed by atoms with van der Waals surface area (Å²) in [6.45, 7) is 2.73. The van der Waals surface area contributed by atoms with Crippen LogP contribution in [-0.4, -0.2) is 22.7 Å². The molecule has 0 radical (unpaired) electrons. The highest BCUT2D eigenvalue weighted by Crippen LogP contribution is 2.31. The number of nitrogens with one attached hydrogen (secondary N) is 2. The highest BCUT2D eigenvalue weighted by Gasteiger charge is 2.49. The number of amides is 4. The van der Waals surface area contributed by atoms with Crippen LogP contribution in [0.4, 0.5) is 14.9 Å². The summed E-state index contributed by atoms with van der Waals surface area (Å²) in [4.78, 5) is 50.1. The highest BCUT2D eigenvalue weighted by atomic mass is 19.1. The maximum Gasteiger partial charge on any atom is 0.336 e. The number of anilines is 1. The van der Waals surface area contributed by atoms with Gasteiger partial charge in [0.2, 0.25) is 5.91 Å². The number of hydrogen-bond acceptors (Lipinski definition) is 5. The second-order valence-electron chi connectivity index (χ2n) is 7.44. The molecule has 0 bridgehead atoms. The molecule has 1 atom stereocenters. The number of carbonyl (C=O) groups is 3. The van der Waals surface area contributed by atoms with Gasteiger partial charge in [-0.25, -0.2) is 14.0 Å². The van der Waals surface area contributed by atoms with E-state index in [4.69, 9.17) is 4.42 Å². The Balaban J connectivity index is 1.69. The predicted octanol–water partition coefficient (Wildman–Crippen LogP) is 2.86. The summed E-state index contributed by atoms with van der Waals surface area (Å²) in [5, 5.41) is 5.76. The van der Waals surface area contributed by atoms with E-state index in [1.54, 1.807) is 12.1 Å². The number of fused-ring (bicyclic) bond motifs is 1. The maximum absolute atomic E-state index is 13.3. The van der Waals surface area contributed by atoms with E-state index < -0.39 is 28.9 Å². The zero-order valence-corrected chi connectivity index (χ0v) is 16.7. The van der Waals surface area contributed by atoms with Crippen LogP contribution < -0.4 is 16.3 Å². The Kier molecular flexibility index (Phi) is 4.81. The van der Waals surface area contributed by atoms with Crippen molar-refractivity contribution in [2.24, 2.45) is 0 Å². The summed E-state index contributed by atoms with van der Waals surface area (Å²) in [7, 11) is 0. The molecule has 158 valence electrons. The Morgan fingerprint density at radius 3 is 2.52 bits per heavy atom. The van der Waals surface area contributed by atoms with Crippen LogP contribution in [0.2, 0.25) is 0 Å². The molecule has 1 fully saturated rings. The molecule has 1 aliphatic heterocycles. The maximum atomic E-state index is 13.3. The minimum absolute atomic E-state index is 0.164. The fraction of sp³-hybridized carbons (Fsp3) is 0.182. The van der Waals surface area contributed by atoms with Gasteiger partial charge in [-0.05, 0) is 42.3 Å². The lowest BCUT2D eigenvalue weighted by Gasteiger charge is -2.22. The van der Waals surface area contributed by atoms with E-state index in [1.807, 2.05) is 0 Å². The fourth-order valence-electron chi connectivity index (χ4n) is 3.63. The SMILES string of the molecule is CC(=O)Nc1ccc2c(CN3C(=O)NC(C)(c4ccc(F)cc4)C3=O)cc(=O)oc2c1. The molecule has 2 N–H and O–H groups in total. The van der Waals surface area contributed by atoms with Crippen LogP contribution in [0.15, 0.2) is 57.7 Å². The molecule has 0 aliphatic carbocycles. The first-order valence-corrected chi connectivity index (χ1v) is 9.42. The minimum Gasteiger partial charge on any atom is -0.423 e. The summed E-state index contributed by atoms with van der Waals surface area (Å²) in [5.41, 5.74) is -0.518. The number of nitrogens with zero attached hydrogens (tertiary/aromatic N) is 1. The lowest BCUT2D eigenvalue weighted by Crippen LogP contribution is -2.40. The standard InChI is InChI=1S/C22H18FN3O5/c1-12(27)24-16-7-8-17-13(9-19(28)31-18(17)10-16)11-26-20(29)22(2,25-21(26)30)14-3-5-15(23)6-4-14/h3-10H,11H2,1-2H3,(H,24,27)(H,25,30). The zero-order chi connectivity index (χ0) is 22.3. The average molecular weight is 423 g/mol. The number of benzene rings is 2. The molecule has 9 heteroatoms. The van der Waals surface area contributed by atoms with Gasteiger partial charge in [0.25, 0.3) is 5.91 Å². The van der Waals surface area contributed by atoms with Gasteiger partial charge in [0.05, 0.1) is 6.54 Å². The third-order valence-electron chi connectivity index (χ3n) is 5.18. The summed E-state index contributed by atoms with van der Waals surface area (Å²) in [5.74, 6) is -1.26. The second kappa shape index (κ2) is 7.35. The predicted molar refractivity (Wildman–Crippen MR) is 110 cm³/mol. The number of imide groups is 1. The first-order chi connectivity index (χ1) is 14.7. The van der Waals surface area contributed by atoms with E-state index in [9.17, 15) is 23.6 Å². The van der Waals surface area contributed by atoms with E-state index >= 15 is 0 Å². The first-order valence-electron chi connectivity index (χ1n) is 9.42. The van der Waals surface area contributed by atoms with E-state index in [0.29, 0.717) is 22.2 Å². The van der Waals surface area contributed by atoms with Gasteiger partial charge < -0.3 is 15.1 Å². The Hall–Kier alpha value is -4.01. The lowest BCUT2D eigenvalue weighted by molar-refractivity contribution is -0.131. The van der Waals surface area contributed by atoms with Gasteiger partial charge >= 0.3 is 11.7 Å². The van der Waals surface area contributed by atoms with Gasteiger partial charge in [-0.2, -0.15) is 0 Å². The molecule has 3 aromatic rings. The van der Waals surface area contributed by atoms with E-state index in [1.165, 1.54) is 50.2 Å². The van der Waals surface area contributed by atoms with Crippen molar-refractivity contribution in [2.75, 3.05) is 5.32 Å². The Labute approximate surface area is 175 Å². The van der Waals surface area contributed by atoms with Gasteiger partial charge in [-0.1, -0.05) is 12.1 Å². The summed E-state index contributed by atoms with van der Waals surface area (Å²) in [6, 6.07) is 10.6. The molecule has 1 unspecified atom stereocenters. The third kappa shape index (κ3) is 3.65. The molecule has 2 aromatic carbocycles. The van der Waals surface area contributed by atoms with E-state index in [2.05, 4.69) is 10.6 Å². The van der Waals surface area contributed by atoms with Gasteiger partial charge in [-0.15, -0.1) is 0 Å². The summed E-state index contributed by atoms with van der Waals surface area (Å²) < 4.78 is 18.5. The Morgan fingerprint density at radius 2 is 1.84 bits per heavy atom. The Morgan fingerprint density at radius 1 is 1.13 bits per heavy atom. The van der Waals surface area contributed by atoms with Gasteiger partial charge in [0.15, 0.2) is 0 Å². The fourth-order valence-corrected chi connectivity index (χ4v) is 3.63. The Bertz CT molecular complexity index is 1280. The van der Waals surface area contributed by atoms with Crippen LogP contribution in [-0.2, 0) is 21.7 Å². The third-order valence-corrected chi connectivity index (χ3v) is 5.18. The molecular weight excluding hydrogens is 405 g/mol. The molecule has 4 amide bonds. The molecule has 1 aliphatic rings. The van der Waals surface area contributed by atoms with Crippen molar-refractivity contribution in [3.05, 3.63) is 75.9 Å². The van der Waals surface area contributed by atoms with Gasteiger partial charge in [0, 0.05) is 30.1 Å². The van der Waals surface area contributed by atoms with Crippen LogP contribution in [0.1, 0.15) is 25.0 Å². The van der Waals surface area contributed by atoms with Crippen molar-refractivity contribution >= 4 is 34.5 Å². The van der Waals surface area contributed by atoms with Crippen LogP contribution in [0.3, 0.4) is 0 Å². The topological polar surface area (TPSA) is 109 Å². The summed E-state index contributed by atoms with van der Waals surface area (Å²) in [6.07, 6.45) is 0. The molecule has 4 rings (SSSR count). The number of hydrogen-bond donors (Lipinski definition) is 2. The normalized spacial score (nSPS) is 18.4. The largest absolute Gasteiger partial charge is 0.423 e. The van der Waals surface area contributed by atoms with Crippen molar-refractivity contribution in [3.63, 3.8) is 0 Å². The molecule has 0 saturated carbocycles. The first kappa shape index (κ1) is 20.3. The van der Waals surface area contributed by atoms with Crippen molar-refractivity contribution in [1.82, 2.24) is 10.2 Å². The monoisotopic (exact) mass is 423 g/mol. The molecule has 31 heavy (non-hydrogen) atoms. The van der Waals surface area contributed by atoms with Crippen LogP contribution in [0, 0.1) is 5.82 Å². The quantitative estimate of drug-likeness (QED) is 0.496. The van der Waals surface area contributed by atoms with Crippen molar-refractivity contribution in [2.45, 2.75) is 25.9 Å². The van der Waals surface area contributed by atoms with Gasteiger partial charge in [-0.3, -0.25) is 14.5 Å². The van der Waals surface area contributed by atoms with Crippen LogP contribution >= 0.6 is 0 Å². The lowest BCUT2D eigenvalue weighted by atomic mass is 9.92. The average Bonchev–Trinajstić information content (AvgIpc) is 2.91. The van der Waals surface area contributed by atoms with Crippen molar-refractivity contribution < 1.29 is 23.2 Å². The number of rotatable bonds is 4. The smallest absolute Gasteiger partial charge is 0.336 e. The van der Waals surface area contributed by atoms with E-state index in [0.717, 1.165) is 4.90 Å². The van der Waals surface area contributed by atoms with Crippen LogP contribution in [0.5, 0.6) is 0 Å². The number of halogens is 1. The van der Waals surface area contributed by atoms with Crippen molar-refractivity contribution in [3.8, 4) is 0 Å². The minimum atomic E-state index is -1.36. The van der Waals surface area contributed by atoms with Crippen molar-refractivity contribution in [1.29, 1.82) is 0 Å². The zero-order valence-electron chi connectivity index (χ0n) is 16.7. The molecule has 1 aromatic heterocycles. The molecule has 8 nitrogen and oxygen atoms in total.